The molecule has 106 valence electrons. The second-order valence-electron chi connectivity index (χ2n) is 5.12. The smallest absolute Gasteiger partial charge is 0.322 e. The molecule has 19 heavy (non-hydrogen) atoms. The van der Waals surface area contributed by atoms with E-state index in [0.29, 0.717) is 23.9 Å². The molecule has 0 radical (unpaired) electrons. The van der Waals surface area contributed by atoms with Crippen molar-refractivity contribution in [2.45, 2.75) is 39.7 Å². The molecule has 1 aliphatic rings. The standard InChI is InChI=1S/C13H23N5O/c1-5-14-11-15-12(17-13(16-11)19-4)18-8-6-7-10(18)9(2)3/h9-10H,5-8H2,1-4H3,(H,14,15,16,17). The largest absolute Gasteiger partial charge is 0.467 e. The van der Waals surface area contributed by atoms with E-state index in [9.17, 15) is 0 Å². The van der Waals surface area contributed by atoms with Crippen molar-refractivity contribution in [3.05, 3.63) is 0 Å². The summed E-state index contributed by atoms with van der Waals surface area (Å²) in [7, 11) is 1.58. The van der Waals surface area contributed by atoms with Gasteiger partial charge in [-0.25, -0.2) is 0 Å². The minimum Gasteiger partial charge on any atom is -0.467 e. The molecule has 2 rings (SSSR count). The fraction of sp³-hybridized carbons (Fsp3) is 0.769. The number of rotatable bonds is 5. The molecule has 1 N–H and O–H groups in total. The van der Waals surface area contributed by atoms with Gasteiger partial charge in [-0.3, -0.25) is 0 Å². The van der Waals surface area contributed by atoms with E-state index in [-0.39, 0.29) is 0 Å². The third kappa shape index (κ3) is 3.05. The fourth-order valence-electron chi connectivity index (χ4n) is 2.54. The van der Waals surface area contributed by atoms with Gasteiger partial charge in [0.05, 0.1) is 7.11 Å². The molecule has 1 aromatic rings. The van der Waals surface area contributed by atoms with Crippen LogP contribution in [0.4, 0.5) is 11.9 Å². The number of ether oxygens (including phenoxy) is 1. The van der Waals surface area contributed by atoms with Crippen molar-refractivity contribution in [2.75, 3.05) is 30.4 Å². The molecule has 0 aromatic carbocycles. The van der Waals surface area contributed by atoms with Crippen LogP contribution in [-0.4, -0.2) is 41.2 Å². The summed E-state index contributed by atoms with van der Waals surface area (Å²) in [5.41, 5.74) is 0. The van der Waals surface area contributed by atoms with Gasteiger partial charge in [-0.05, 0) is 25.7 Å². The van der Waals surface area contributed by atoms with Crippen molar-refractivity contribution in [2.24, 2.45) is 5.92 Å². The molecule has 1 aliphatic heterocycles. The Bertz CT molecular complexity index is 423. The fourth-order valence-corrected chi connectivity index (χ4v) is 2.54. The van der Waals surface area contributed by atoms with Crippen molar-refractivity contribution in [1.82, 2.24) is 15.0 Å². The molecule has 1 fully saturated rings. The SMILES string of the molecule is CCNc1nc(OC)nc(N2CCCC2C(C)C)n1. The van der Waals surface area contributed by atoms with Gasteiger partial charge in [0.25, 0.3) is 0 Å². The van der Waals surface area contributed by atoms with Crippen LogP contribution < -0.4 is 15.0 Å². The van der Waals surface area contributed by atoms with Gasteiger partial charge in [0.2, 0.25) is 11.9 Å². The van der Waals surface area contributed by atoms with Gasteiger partial charge in [-0.15, -0.1) is 0 Å². The lowest BCUT2D eigenvalue weighted by Gasteiger charge is -2.27. The number of methoxy groups -OCH3 is 1. The minimum atomic E-state index is 0.371. The normalized spacial score (nSPS) is 19.0. The maximum Gasteiger partial charge on any atom is 0.322 e. The van der Waals surface area contributed by atoms with Crippen LogP contribution in [0.5, 0.6) is 6.01 Å². The highest BCUT2D eigenvalue weighted by Gasteiger charge is 2.29. The molecule has 1 aromatic heterocycles. The van der Waals surface area contributed by atoms with Crippen LogP contribution in [0, 0.1) is 5.92 Å². The van der Waals surface area contributed by atoms with Crippen LogP contribution in [0.25, 0.3) is 0 Å². The first-order valence-corrected chi connectivity index (χ1v) is 6.96. The van der Waals surface area contributed by atoms with Crippen molar-refractivity contribution in [3.63, 3.8) is 0 Å². The molecule has 6 heteroatoms. The summed E-state index contributed by atoms with van der Waals surface area (Å²) in [5, 5.41) is 3.12. The highest BCUT2D eigenvalue weighted by atomic mass is 16.5. The average molecular weight is 265 g/mol. The first kappa shape index (κ1) is 13.8. The number of nitrogens with zero attached hydrogens (tertiary/aromatic N) is 4. The van der Waals surface area contributed by atoms with E-state index in [2.05, 4.69) is 39.0 Å². The number of hydrogen-bond donors (Lipinski definition) is 1. The second-order valence-corrected chi connectivity index (χ2v) is 5.12. The highest BCUT2D eigenvalue weighted by Crippen LogP contribution is 2.28. The Balaban J connectivity index is 2.29. The molecule has 0 aliphatic carbocycles. The molecule has 0 saturated carbocycles. The Morgan fingerprint density at radius 2 is 2.16 bits per heavy atom. The summed E-state index contributed by atoms with van der Waals surface area (Å²) in [6.07, 6.45) is 2.38. The van der Waals surface area contributed by atoms with Crippen molar-refractivity contribution >= 4 is 11.9 Å². The molecular weight excluding hydrogens is 242 g/mol. The van der Waals surface area contributed by atoms with Gasteiger partial charge in [0.1, 0.15) is 0 Å². The molecule has 0 spiro atoms. The third-order valence-corrected chi connectivity index (χ3v) is 3.45. The van der Waals surface area contributed by atoms with Crippen LogP contribution in [0.2, 0.25) is 0 Å². The quantitative estimate of drug-likeness (QED) is 0.877. The minimum absolute atomic E-state index is 0.371. The van der Waals surface area contributed by atoms with Crippen molar-refractivity contribution in [3.8, 4) is 6.01 Å². The van der Waals surface area contributed by atoms with Crippen LogP contribution >= 0.6 is 0 Å². The number of anilines is 2. The Hall–Kier alpha value is -1.59. The number of aromatic nitrogens is 3. The maximum atomic E-state index is 5.17. The summed E-state index contributed by atoms with van der Waals surface area (Å²) >= 11 is 0. The predicted octanol–water partition coefficient (Wildman–Crippen LogP) is 1.94. The Labute approximate surface area is 114 Å². The average Bonchev–Trinajstić information content (AvgIpc) is 2.88. The maximum absolute atomic E-state index is 5.17. The Kier molecular flexibility index (Phi) is 4.39. The lowest BCUT2D eigenvalue weighted by Crippen LogP contribution is -2.35. The zero-order chi connectivity index (χ0) is 13.8. The van der Waals surface area contributed by atoms with Crippen LogP contribution in [-0.2, 0) is 0 Å². The van der Waals surface area contributed by atoms with E-state index in [0.717, 1.165) is 19.0 Å². The lowest BCUT2D eigenvalue weighted by molar-refractivity contribution is 0.377. The number of hydrogen-bond acceptors (Lipinski definition) is 6. The second kappa shape index (κ2) is 6.04. The van der Waals surface area contributed by atoms with Crippen molar-refractivity contribution in [1.29, 1.82) is 0 Å². The summed E-state index contributed by atoms with van der Waals surface area (Å²) in [5.74, 6) is 1.89. The molecule has 0 amide bonds. The van der Waals surface area contributed by atoms with Gasteiger partial charge in [0.15, 0.2) is 0 Å². The Morgan fingerprint density at radius 3 is 2.79 bits per heavy atom. The predicted molar refractivity (Wildman–Crippen MR) is 75.7 cm³/mol. The van der Waals surface area contributed by atoms with Gasteiger partial charge in [-0.2, -0.15) is 15.0 Å². The molecule has 0 bridgehead atoms. The van der Waals surface area contributed by atoms with Crippen LogP contribution in [0.15, 0.2) is 0 Å². The van der Waals surface area contributed by atoms with E-state index < -0.39 is 0 Å². The van der Waals surface area contributed by atoms with Gasteiger partial charge >= 0.3 is 6.01 Å². The lowest BCUT2D eigenvalue weighted by atomic mass is 10.0. The third-order valence-electron chi connectivity index (χ3n) is 3.45. The number of nitrogens with one attached hydrogen (secondary N) is 1. The summed E-state index contributed by atoms with van der Waals surface area (Å²) in [6.45, 7) is 8.28. The van der Waals surface area contributed by atoms with Crippen molar-refractivity contribution < 1.29 is 4.74 Å². The topological polar surface area (TPSA) is 63.2 Å². The molecule has 1 unspecified atom stereocenters. The summed E-state index contributed by atoms with van der Waals surface area (Å²) in [6, 6.07) is 0.872. The van der Waals surface area contributed by atoms with Gasteiger partial charge < -0.3 is 15.0 Å². The monoisotopic (exact) mass is 265 g/mol. The summed E-state index contributed by atoms with van der Waals surface area (Å²) < 4.78 is 5.17. The molecule has 1 saturated heterocycles. The van der Waals surface area contributed by atoms with E-state index in [1.54, 1.807) is 7.11 Å². The molecule has 1 atom stereocenters. The molecular formula is C13H23N5O. The first-order valence-electron chi connectivity index (χ1n) is 6.96. The van der Waals surface area contributed by atoms with E-state index >= 15 is 0 Å². The molecule has 6 nitrogen and oxygen atoms in total. The Morgan fingerprint density at radius 1 is 1.37 bits per heavy atom. The highest BCUT2D eigenvalue weighted by molar-refractivity contribution is 5.40. The van der Waals surface area contributed by atoms with Gasteiger partial charge in [-0.1, -0.05) is 13.8 Å². The molecule has 2 heterocycles. The zero-order valence-electron chi connectivity index (χ0n) is 12.2. The van der Waals surface area contributed by atoms with Crippen LogP contribution in [0.1, 0.15) is 33.6 Å². The van der Waals surface area contributed by atoms with Crippen LogP contribution in [0.3, 0.4) is 0 Å². The van der Waals surface area contributed by atoms with E-state index in [1.165, 1.54) is 12.8 Å². The van der Waals surface area contributed by atoms with Gasteiger partial charge in [0, 0.05) is 19.1 Å². The zero-order valence-corrected chi connectivity index (χ0v) is 12.2. The summed E-state index contributed by atoms with van der Waals surface area (Å²) in [4.78, 5) is 15.4. The van der Waals surface area contributed by atoms with E-state index in [4.69, 9.17) is 4.74 Å². The first-order chi connectivity index (χ1) is 9.15. The van der Waals surface area contributed by atoms with E-state index in [1.807, 2.05) is 6.92 Å².